The van der Waals surface area contributed by atoms with Crippen LogP contribution in [0.25, 0.3) is 0 Å². The lowest BCUT2D eigenvalue weighted by molar-refractivity contribution is 0.225. The molecule has 82 valence electrons. The number of benzene rings is 1. The summed E-state index contributed by atoms with van der Waals surface area (Å²) in [5, 5.41) is 3.30. The maximum absolute atomic E-state index is 11.5. The molecule has 5 heteroatoms. The number of rotatable bonds is 3. The van der Waals surface area contributed by atoms with Gasteiger partial charge >= 0.3 is 6.03 Å². The first kappa shape index (κ1) is 12.1. The molecule has 0 atom stereocenters. The molecule has 0 heterocycles. The Morgan fingerprint density at radius 2 is 2.27 bits per heavy atom. The van der Waals surface area contributed by atoms with Gasteiger partial charge in [0.1, 0.15) is 0 Å². The van der Waals surface area contributed by atoms with Crippen LogP contribution >= 0.6 is 23.2 Å². The smallest absolute Gasteiger partial charge is 0.321 e. The number of carbonyl (C=O) groups excluding carboxylic acids is 1. The fourth-order valence-corrected chi connectivity index (χ4v) is 1.46. The summed E-state index contributed by atoms with van der Waals surface area (Å²) in [7, 11) is 1.68. The second kappa shape index (κ2) is 5.83. The molecule has 0 saturated heterocycles. The van der Waals surface area contributed by atoms with Gasteiger partial charge in [-0.05, 0) is 18.2 Å². The van der Waals surface area contributed by atoms with Crippen molar-refractivity contribution in [3.05, 3.63) is 29.3 Å². The molecule has 0 aromatic heterocycles. The van der Waals surface area contributed by atoms with Crippen LogP contribution in [-0.2, 0) is 0 Å². The molecule has 1 aromatic carbocycles. The van der Waals surface area contributed by atoms with Crippen molar-refractivity contribution in [2.75, 3.05) is 24.8 Å². The van der Waals surface area contributed by atoms with Gasteiger partial charge in [0.25, 0.3) is 0 Å². The van der Waals surface area contributed by atoms with Gasteiger partial charge in [0.2, 0.25) is 0 Å². The molecular formula is C10H12Cl2N2O. The number of hydrogen-bond acceptors (Lipinski definition) is 1. The van der Waals surface area contributed by atoms with E-state index in [0.717, 1.165) is 0 Å². The highest BCUT2D eigenvalue weighted by atomic mass is 35.5. The number of anilines is 1. The molecule has 0 bridgehead atoms. The van der Waals surface area contributed by atoms with Crippen molar-refractivity contribution in [2.24, 2.45) is 0 Å². The first-order chi connectivity index (χ1) is 7.13. The Morgan fingerprint density at radius 3 is 2.87 bits per heavy atom. The molecule has 2 amide bonds. The predicted octanol–water partition coefficient (Wildman–Crippen LogP) is 3.04. The molecule has 0 saturated carbocycles. The minimum atomic E-state index is -0.196. The van der Waals surface area contributed by atoms with Crippen LogP contribution in [0.5, 0.6) is 0 Å². The third kappa shape index (κ3) is 3.98. The van der Waals surface area contributed by atoms with Gasteiger partial charge in [0.15, 0.2) is 0 Å². The Labute approximate surface area is 99.0 Å². The Balaban J connectivity index is 2.58. The van der Waals surface area contributed by atoms with Crippen LogP contribution in [0.1, 0.15) is 0 Å². The highest BCUT2D eigenvalue weighted by Gasteiger charge is 2.07. The zero-order valence-electron chi connectivity index (χ0n) is 8.34. The van der Waals surface area contributed by atoms with Gasteiger partial charge < -0.3 is 10.2 Å². The molecule has 0 fully saturated rings. The zero-order chi connectivity index (χ0) is 11.3. The van der Waals surface area contributed by atoms with E-state index in [0.29, 0.717) is 23.1 Å². The molecule has 1 aromatic rings. The number of alkyl halides is 1. The molecule has 0 spiro atoms. The number of amides is 2. The minimum Gasteiger partial charge on any atom is -0.326 e. The molecule has 0 aliphatic rings. The van der Waals surface area contributed by atoms with Crippen molar-refractivity contribution >= 4 is 34.9 Å². The second-order valence-electron chi connectivity index (χ2n) is 3.05. The number of hydrogen-bond donors (Lipinski definition) is 1. The third-order valence-electron chi connectivity index (χ3n) is 1.84. The van der Waals surface area contributed by atoms with Crippen molar-refractivity contribution in [3.8, 4) is 0 Å². The topological polar surface area (TPSA) is 32.3 Å². The quantitative estimate of drug-likeness (QED) is 0.818. The van der Waals surface area contributed by atoms with Crippen LogP contribution in [0.4, 0.5) is 10.5 Å². The van der Waals surface area contributed by atoms with Crippen LogP contribution in [0, 0.1) is 0 Å². The van der Waals surface area contributed by atoms with E-state index in [2.05, 4.69) is 5.32 Å². The Kier molecular flexibility index (Phi) is 4.72. The fourth-order valence-electron chi connectivity index (χ4n) is 1.01. The molecule has 0 radical (unpaired) electrons. The summed E-state index contributed by atoms with van der Waals surface area (Å²) >= 11 is 11.3. The lowest BCUT2D eigenvalue weighted by Gasteiger charge is -2.16. The lowest BCUT2D eigenvalue weighted by Crippen LogP contribution is -2.32. The summed E-state index contributed by atoms with van der Waals surface area (Å²) in [6, 6.07) is 6.80. The van der Waals surface area contributed by atoms with E-state index in [-0.39, 0.29) is 6.03 Å². The minimum absolute atomic E-state index is 0.196. The fraction of sp³-hybridized carbons (Fsp3) is 0.300. The molecule has 15 heavy (non-hydrogen) atoms. The van der Waals surface area contributed by atoms with Gasteiger partial charge in [-0.1, -0.05) is 17.7 Å². The monoisotopic (exact) mass is 246 g/mol. The van der Waals surface area contributed by atoms with Crippen molar-refractivity contribution in [3.63, 3.8) is 0 Å². The number of carbonyl (C=O) groups is 1. The lowest BCUT2D eigenvalue weighted by atomic mass is 10.3. The van der Waals surface area contributed by atoms with E-state index in [9.17, 15) is 4.79 Å². The molecule has 1 rings (SSSR count). The summed E-state index contributed by atoms with van der Waals surface area (Å²) in [5.41, 5.74) is 0.675. The van der Waals surface area contributed by atoms with E-state index in [1.807, 2.05) is 0 Å². The summed E-state index contributed by atoms with van der Waals surface area (Å²) in [6.07, 6.45) is 0. The zero-order valence-corrected chi connectivity index (χ0v) is 9.85. The summed E-state index contributed by atoms with van der Waals surface area (Å²) in [5.74, 6) is 0.416. The Morgan fingerprint density at radius 1 is 1.53 bits per heavy atom. The van der Waals surface area contributed by atoms with E-state index < -0.39 is 0 Å². The van der Waals surface area contributed by atoms with Gasteiger partial charge in [-0.15, -0.1) is 11.6 Å². The number of nitrogens with zero attached hydrogens (tertiary/aromatic N) is 1. The van der Waals surface area contributed by atoms with Crippen molar-refractivity contribution < 1.29 is 4.79 Å². The van der Waals surface area contributed by atoms with Crippen LogP contribution < -0.4 is 5.32 Å². The van der Waals surface area contributed by atoms with Crippen LogP contribution in [0.2, 0.25) is 5.02 Å². The third-order valence-corrected chi connectivity index (χ3v) is 2.25. The van der Waals surface area contributed by atoms with Gasteiger partial charge in [0, 0.05) is 30.2 Å². The number of urea groups is 1. The number of halogens is 2. The summed E-state index contributed by atoms with van der Waals surface area (Å²) in [4.78, 5) is 13.0. The van der Waals surface area contributed by atoms with E-state index >= 15 is 0 Å². The first-order valence-electron chi connectivity index (χ1n) is 4.47. The van der Waals surface area contributed by atoms with E-state index in [1.165, 1.54) is 4.90 Å². The van der Waals surface area contributed by atoms with E-state index in [4.69, 9.17) is 23.2 Å². The molecule has 1 N–H and O–H groups in total. The highest BCUT2D eigenvalue weighted by molar-refractivity contribution is 6.30. The first-order valence-corrected chi connectivity index (χ1v) is 5.38. The van der Waals surface area contributed by atoms with Crippen LogP contribution in [-0.4, -0.2) is 30.4 Å². The normalized spacial score (nSPS) is 9.80. The SMILES string of the molecule is CN(CCCl)C(=O)Nc1cccc(Cl)c1. The van der Waals surface area contributed by atoms with Gasteiger partial charge in [-0.3, -0.25) is 0 Å². The van der Waals surface area contributed by atoms with Crippen LogP contribution in [0.3, 0.4) is 0 Å². The molecule has 0 aliphatic carbocycles. The van der Waals surface area contributed by atoms with Crippen molar-refractivity contribution in [1.29, 1.82) is 0 Å². The maximum atomic E-state index is 11.5. The number of nitrogens with one attached hydrogen (secondary N) is 1. The van der Waals surface area contributed by atoms with Gasteiger partial charge in [-0.25, -0.2) is 4.79 Å². The molecule has 3 nitrogen and oxygen atoms in total. The average molecular weight is 247 g/mol. The van der Waals surface area contributed by atoms with Gasteiger partial charge in [0.05, 0.1) is 0 Å². The maximum Gasteiger partial charge on any atom is 0.321 e. The molecular weight excluding hydrogens is 235 g/mol. The summed E-state index contributed by atoms with van der Waals surface area (Å²) < 4.78 is 0. The molecule has 0 unspecified atom stereocenters. The van der Waals surface area contributed by atoms with Crippen LogP contribution in [0.15, 0.2) is 24.3 Å². The predicted molar refractivity (Wildman–Crippen MR) is 63.8 cm³/mol. The highest BCUT2D eigenvalue weighted by Crippen LogP contribution is 2.15. The summed E-state index contributed by atoms with van der Waals surface area (Å²) in [6.45, 7) is 0.508. The standard InChI is InChI=1S/C10H12Cl2N2O/c1-14(6-5-11)10(15)13-9-4-2-3-8(12)7-9/h2-4,7H,5-6H2,1H3,(H,13,15). The largest absolute Gasteiger partial charge is 0.326 e. The Bertz CT molecular complexity index is 344. The average Bonchev–Trinajstić information content (AvgIpc) is 2.18. The van der Waals surface area contributed by atoms with Crippen molar-refractivity contribution in [1.82, 2.24) is 4.90 Å². The van der Waals surface area contributed by atoms with Gasteiger partial charge in [-0.2, -0.15) is 0 Å². The Hall–Kier alpha value is -0.930. The second-order valence-corrected chi connectivity index (χ2v) is 3.87. The van der Waals surface area contributed by atoms with Crippen molar-refractivity contribution in [2.45, 2.75) is 0 Å². The van der Waals surface area contributed by atoms with E-state index in [1.54, 1.807) is 31.3 Å². The molecule has 0 aliphatic heterocycles.